The summed E-state index contributed by atoms with van der Waals surface area (Å²) in [6.07, 6.45) is 11.4. The first kappa shape index (κ1) is 10.4. The van der Waals surface area contributed by atoms with Crippen molar-refractivity contribution in [3.8, 4) is 0 Å². The van der Waals surface area contributed by atoms with Crippen LogP contribution in [0.5, 0.6) is 0 Å². The Morgan fingerprint density at radius 1 is 1.00 bits per heavy atom. The lowest BCUT2D eigenvalue weighted by Crippen LogP contribution is -2.48. The van der Waals surface area contributed by atoms with E-state index in [0.29, 0.717) is 6.04 Å². The van der Waals surface area contributed by atoms with Gasteiger partial charge in [0, 0.05) is 12.6 Å². The first-order chi connectivity index (χ1) is 6.79. The van der Waals surface area contributed by atoms with Gasteiger partial charge in [0.05, 0.1) is 5.60 Å². The Kier molecular flexibility index (Phi) is 3.45. The molecule has 2 nitrogen and oxygen atoms in total. The van der Waals surface area contributed by atoms with Crippen LogP contribution in [-0.2, 0) is 0 Å². The monoisotopic (exact) mass is 197 g/mol. The van der Waals surface area contributed by atoms with Gasteiger partial charge in [-0.15, -0.1) is 0 Å². The Balaban J connectivity index is 1.68. The van der Waals surface area contributed by atoms with E-state index < -0.39 is 0 Å². The molecule has 0 radical (unpaired) electrons. The van der Waals surface area contributed by atoms with Gasteiger partial charge in [-0.05, 0) is 32.1 Å². The number of hydrogen-bond donors (Lipinski definition) is 2. The molecule has 0 aliphatic heterocycles. The topological polar surface area (TPSA) is 32.3 Å². The highest BCUT2D eigenvalue weighted by molar-refractivity contribution is 4.90. The predicted molar refractivity (Wildman–Crippen MR) is 58.3 cm³/mol. The van der Waals surface area contributed by atoms with Gasteiger partial charge in [-0.25, -0.2) is 0 Å². The van der Waals surface area contributed by atoms with Crippen molar-refractivity contribution in [1.82, 2.24) is 5.32 Å². The lowest BCUT2D eigenvalue weighted by molar-refractivity contribution is -0.0335. The van der Waals surface area contributed by atoms with Crippen molar-refractivity contribution in [1.29, 1.82) is 0 Å². The average Bonchev–Trinajstić information content (AvgIpc) is 2.40. The molecule has 0 spiro atoms. The Bertz CT molecular complexity index is 169. The molecule has 2 fully saturated rings. The van der Waals surface area contributed by atoms with Crippen LogP contribution in [0.4, 0.5) is 0 Å². The zero-order valence-electron chi connectivity index (χ0n) is 9.10. The summed E-state index contributed by atoms with van der Waals surface area (Å²) in [5.74, 6) is 0. The molecule has 0 atom stereocenters. The van der Waals surface area contributed by atoms with Gasteiger partial charge in [0.2, 0.25) is 0 Å². The minimum Gasteiger partial charge on any atom is -0.389 e. The van der Waals surface area contributed by atoms with Crippen LogP contribution < -0.4 is 5.32 Å². The molecule has 2 N–H and O–H groups in total. The van der Waals surface area contributed by atoms with Crippen LogP contribution in [0.25, 0.3) is 0 Å². The van der Waals surface area contributed by atoms with E-state index in [-0.39, 0.29) is 5.60 Å². The minimum absolute atomic E-state index is 0.341. The third-order valence-corrected chi connectivity index (χ3v) is 3.86. The molecule has 0 aromatic rings. The summed E-state index contributed by atoms with van der Waals surface area (Å²) in [5, 5.41) is 13.5. The summed E-state index contributed by atoms with van der Waals surface area (Å²) in [6.45, 7) is 0.831. The summed E-state index contributed by atoms with van der Waals surface area (Å²) < 4.78 is 0. The van der Waals surface area contributed by atoms with Crippen molar-refractivity contribution in [2.45, 2.75) is 69.4 Å². The third-order valence-electron chi connectivity index (χ3n) is 3.86. The molecule has 0 unspecified atom stereocenters. The number of hydrogen-bond acceptors (Lipinski definition) is 2. The molecule has 0 aromatic heterocycles. The fraction of sp³-hybridized carbons (Fsp3) is 1.00. The predicted octanol–water partition coefficient (Wildman–Crippen LogP) is 2.21. The van der Waals surface area contributed by atoms with Gasteiger partial charge < -0.3 is 10.4 Å². The van der Waals surface area contributed by atoms with Crippen molar-refractivity contribution in [3.63, 3.8) is 0 Å². The molecule has 2 aliphatic rings. The van der Waals surface area contributed by atoms with E-state index >= 15 is 0 Å². The van der Waals surface area contributed by atoms with Crippen LogP contribution in [0.3, 0.4) is 0 Å². The van der Waals surface area contributed by atoms with Gasteiger partial charge >= 0.3 is 0 Å². The van der Waals surface area contributed by atoms with Gasteiger partial charge in [0.1, 0.15) is 0 Å². The fourth-order valence-corrected chi connectivity index (χ4v) is 2.58. The van der Waals surface area contributed by atoms with Crippen molar-refractivity contribution in [3.05, 3.63) is 0 Å². The zero-order chi connectivity index (χ0) is 9.86. The first-order valence-electron chi connectivity index (χ1n) is 6.24. The summed E-state index contributed by atoms with van der Waals surface area (Å²) in [5.41, 5.74) is -0.341. The first-order valence-corrected chi connectivity index (χ1v) is 6.24. The fourth-order valence-electron chi connectivity index (χ4n) is 2.58. The molecular weight excluding hydrogens is 174 g/mol. The van der Waals surface area contributed by atoms with Crippen LogP contribution in [0, 0.1) is 0 Å². The van der Waals surface area contributed by atoms with E-state index in [9.17, 15) is 5.11 Å². The van der Waals surface area contributed by atoms with Gasteiger partial charge in [-0.2, -0.15) is 0 Å². The maximum Gasteiger partial charge on any atom is 0.0771 e. The van der Waals surface area contributed by atoms with E-state index in [0.717, 1.165) is 19.4 Å². The second kappa shape index (κ2) is 4.63. The van der Waals surface area contributed by atoms with E-state index in [2.05, 4.69) is 5.32 Å². The molecule has 0 aromatic carbocycles. The lowest BCUT2D eigenvalue weighted by Gasteiger charge is -2.38. The molecular formula is C12H23NO. The molecule has 82 valence electrons. The van der Waals surface area contributed by atoms with E-state index in [1.807, 2.05) is 0 Å². The Hall–Kier alpha value is -0.0800. The molecule has 2 heteroatoms. The van der Waals surface area contributed by atoms with Gasteiger partial charge in [-0.3, -0.25) is 0 Å². The Morgan fingerprint density at radius 3 is 2.14 bits per heavy atom. The maximum absolute atomic E-state index is 9.95. The van der Waals surface area contributed by atoms with Crippen molar-refractivity contribution in [2.75, 3.05) is 6.54 Å². The van der Waals surface area contributed by atoms with Crippen LogP contribution >= 0.6 is 0 Å². The van der Waals surface area contributed by atoms with Gasteiger partial charge in [0.25, 0.3) is 0 Å². The highest BCUT2D eigenvalue weighted by Gasteiger charge is 2.34. The van der Waals surface area contributed by atoms with E-state index in [1.165, 1.54) is 44.9 Å². The molecule has 0 bridgehead atoms. The SMILES string of the molecule is OC1(CNC2CCCCCC2)CCC1. The van der Waals surface area contributed by atoms with Crippen LogP contribution in [0.1, 0.15) is 57.8 Å². The van der Waals surface area contributed by atoms with Gasteiger partial charge in [0.15, 0.2) is 0 Å². The molecule has 14 heavy (non-hydrogen) atoms. The van der Waals surface area contributed by atoms with Crippen LogP contribution in [0.2, 0.25) is 0 Å². The van der Waals surface area contributed by atoms with Crippen LogP contribution in [-0.4, -0.2) is 23.3 Å². The minimum atomic E-state index is -0.341. The maximum atomic E-state index is 9.95. The molecule has 0 heterocycles. The number of nitrogens with one attached hydrogen (secondary N) is 1. The Labute approximate surface area is 87.1 Å². The largest absolute Gasteiger partial charge is 0.389 e. The van der Waals surface area contributed by atoms with E-state index in [4.69, 9.17) is 0 Å². The normalized spacial score (nSPS) is 28.1. The zero-order valence-corrected chi connectivity index (χ0v) is 9.10. The second-order valence-corrected chi connectivity index (χ2v) is 5.15. The average molecular weight is 197 g/mol. The molecule has 0 saturated heterocycles. The summed E-state index contributed by atoms with van der Waals surface area (Å²) >= 11 is 0. The van der Waals surface area contributed by atoms with Crippen molar-refractivity contribution in [2.24, 2.45) is 0 Å². The third kappa shape index (κ3) is 2.71. The van der Waals surface area contributed by atoms with Crippen molar-refractivity contribution >= 4 is 0 Å². The molecule has 2 saturated carbocycles. The van der Waals surface area contributed by atoms with Crippen molar-refractivity contribution < 1.29 is 5.11 Å². The molecule has 0 amide bonds. The number of rotatable bonds is 3. The van der Waals surface area contributed by atoms with Gasteiger partial charge in [-0.1, -0.05) is 25.7 Å². The standard InChI is InChI=1S/C12H23NO/c14-12(8-5-9-12)10-13-11-6-3-1-2-4-7-11/h11,13-14H,1-10H2. The van der Waals surface area contributed by atoms with E-state index in [1.54, 1.807) is 0 Å². The number of aliphatic hydroxyl groups is 1. The summed E-state index contributed by atoms with van der Waals surface area (Å²) in [6, 6.07) is 0.683. The summed E-state index contributed by atoms with van der Waals surface area (Å²) in [7, 11) is 0. The molecule has 2 aliphatic carbocycles. The highest BCUT2D eigenvalue weighted by Crippen LogP contribution is 2.31. The summed E-state index contributed by atoms with van der Waals surface area (Å²) in [4.78, 5) is 0. The molecule has 2 rings (SSSR count). The quantitative estimate of drug-likeness (QED) is 0.680. The van der Waals surface area contributed by atoms with Crippen LogP contribution in [0.15, 0.2) is 0 Å². The second-order valence-electron chi connectivity index (χ2n) is 5.15. The smallest absolute Gasteiger partial charge is 0.0771 e. The lowest BCUT2D eigenvalue weighted by atomic mass is 9.80. The highest BCUT2D eigenvalue weighted by atomic mass is 16.3. The Morgan fingerprint density at radius 2 is 1.64 bits per heavy atom.